The Hall–Kier alpha value is -1.74. The summed E-state index contributed by atoms with van der Waals surface area (Å²) in [5, 5.41) is 10.5. The minimum Gasteiger partial charge on any atom is -0.507 e. The summed E-state index contributed by atoms with van der Waals surface area (Å²) in [5.41, 5.74) is 1.21. The molecule has 0 unspecified atom stereocenters. The number of rotatable bonds is 3. The first-order valence-electron chi connectivity index (χ1n) is 6.16. The van der Waals surface area contributed by atoms with E-state index in [9.17, 15) is 9.90 Å². The molecule has 0 atom stereocenters. The van der Waals surface area contributed by atoms with E-state index in [4.69, 9.17) is 11.6 Å². The predicted molar refractivity (Wildman–Crippen MR) is 77.0 cm³/mol. The van der Waals surface area contributed by atoms with Gasteiger partial charge in [0.2, 0.25) is 0 Å². The maximum atomic E-state index is 12.3. The number of halogens is 1. The van der Waals surface area contributed by atoms with Crippen molar-refractivity contribution in [2.45, 2.75) is 26.3 Å². The first kappa shape index (κ1) is 13.7. The Morgan fingerprint density at radius 3 is 2.42 bits per heavy atom. The molecule has 0 fully saturated rings. The molecule has 0 radical (unpaired) electrons. The molecule has 19 heavy (non-hydrogen) atoms. The molecule has 1 N–H and O–H groups in total. The highest BCUT2D eigenvalue weighted by Gasteiger charge is 2.11. The smallest absolute Gasteiger partial charge is 0.258 e. The molecule has 0 spiro atoms. The van der Waals surface area contributed by atoms with Crippen LogP contribution in [0, 0.1) is 0 Å². The van der Waals surface area contributed by atoms with Gasteiger partial charge in [-0.25, -0.2) is 0 Å². The number of aromatic nitrogens is 1. The largest absolute Gasteiger partial charge is 0.507 e. The second-order valence-electron chi connectivity index (χ2n) is 4.79. The van der Waals surface area contributed by atoms with Crippen molar-refractivity contribution in [1.82, 2.24) is 4.57 Å². The van der Waals surface area contributed by atoms with Crippen LogP contribution in [-0.4, -0.2) is 9.67 Å². The maximum absolute atomic E-state index is 12.3. The lowest BCUT2D eigenvalue weighted by atomic mass is 10.1. The monoisotopic (exact) mass is 277 g/mol. The van der Waals surface area contributed by atoms with Crippen molar-refractivity contribution in [3.63, 3.8) is 0 Å². The third kappa shape index (κ3) is 2.99. The van der Waals surface area contributed by atoms with Gasteiger partial charge in [-0.2, -0.15) is 0 Å². The van der Waals surface area contributed by atoms with Crippen LogP contribution in [0.25, 0.3) is 0 Å². The second-order valence-corrected chi connectivity index (χ2v) is 5.23. The van der Waals surface area contributed by atoms with Crippen LogP contribution in [0.4, 0.5) is 0 Å². The van der Waals surface area contributed by atoms with E-state index in [0.717, 1.165) is 5.56 Å². The lowest BCUT2D eigenvalue weighted by molar-refractivity contribution is 0.460. The molecule has 1 aromatic heterocycles. The van der Waals surface area contributed by atoms with Gasteiger partial charge >= 0.3 is 0 Å². The lowest BCUT2D eigenvalue weighted by Crippen LogP contribution is -2.24. The molecule has 2 aromatic rings. The molecule has 4 heteroatoms. The molecule has 0 saturated heterocycles. The van der Waals surface area contributed by atoms with E-state index in [-0.39, 0.29) is 17.4 Å². The van der Waals surface area contributed by atoms with Gasteiger partial charge in [0.15, 0.2) is 0 Å². The molecule has 2 rings (SSSR count). The Balaban J connectivity index is 2.42. The predicted octanol–water partition coefficient (Wildman–Crippen LogP) is 3.38. The standard InChI is InChI=1S/C15H16ClNO2/c1-10(2)17-8-7-14(18)13(15(17)19)9-11-3-5-12(16)6-4-11/h3-8,10,18H,9H2,1-2H3. The number of nitrogens with zero attached hydrogens (tertiary/aromatic N) is 1. The van der Waals surface area contributed by atoms with Gasteiger partial charge in [-0.3, -0.25) is 4.79 Å². The third-order valence-electron chi connectivity index (χ3n) is 3.05. The van der Waals surface area contributed by atoms with Crippen LogP contribution < -0.4 is 5.56 Å². The average molecular weight is 278 g/mol. The summed E-state index contributed by atoms with van der Waals surface area (Å²) >= 11 is 5.83. The topological polar surface area (TPSA) is 42.2 Å². The summed E-state index contributed by atoms with van der Waals surface area (Å²) in [4.78, 5) is 12.3. The van der Waals surface area contributed by atoms with Crippen LogP contribution in [0.3, 0.4) is 0 Å². The number of hydrogen-bond donors (Lipinski definition) is 1. The fraction of sp³-hybridized carbons (Fsp3) is 0.267. The Bertz CT molecular complexity index is 630. The molecule has 0 aliphatic rings. The van der Waals surface area contributed by atoms with Gasteiger partial charge in [-0.05, 0) is 37.6 Å². The summed E-state index contributed by atoms with van der Waals surface area (Å²) in [6.07, 6.45) is 2.02. The molecule has 0 bridgehead atoms. The zero-order valence-electron chi connectivity index (χ0n) is 10.9. The van der Waals surface area contributed by atoms with E-state index >= 15 is 0 Å². The first-order valence-corrected chi connectivity index (χ1v) is 6.54. The highest BCUT2D eigenvalue weighted by molar-refractivity contribution is 6.30. The molecule has 3 nitrogen and oxygen atoms in total. The fourth-order valence-corrected chi connectivity index (χ4v) is 2.09. The minimum absolute atomic E-state index is 0.0388. The van der Waals surface area contributed by atoms with E-state index < -0.39 is 0 Å². The van der Waals surface area contributed by atoms with E-state index in [1.165, 1.54) is 0 Å². The summed E-state index contributed by atoms with van der Waals surface area (Å²) in [6.45, 7) is 3.87. The van der Waals surface area contributed by atoms with Gasteiger partial charge in [0.25, 0.3) is 5.56 Å². The number of hydrogen-bond acceptors (Lipinski definition) is 2. The Morgan fingerprint density at radius 2 is 1.84 bits per heavy atom. The molecular formula is C15H16ClNO2. The SMILES string of the molecule is CC(C)n1ccc(O)c(Cc2ccc(Cl)cc2)c1=O. The van der Waals surface area contributed by atoms with E-state index in [0.29, 0.717) is 17.0 Å². The quantitative estimate of drug-likeness (QED) is 0.934. The molecule has 0 saturated carbocycles. The maximum Gasteiger partial charge on any atom is 0.258 e. The molecule has 0 aliphatic heterocycles. The fourth-order valence-electron chi connectivity index (χ4n) is 1.96. The van der Waals surface area contributed by atoms with E-state index in [1.54, 1.807) is 29.0 Å². The van der Waals surface area contributed by atoms with Crippen molar-refractivity contribution >= 4 is 11.6 Å². The number of pyridine rings is 1. The van der Waals surface area contributed by atoms with Crippen LogP contribution in [0.15, 0.2) is 41.3 Å². The highest BCUT2D eigenvalue weighted by Crippen LogP contribution is 2.18. The summed E-state index contributed by atoms with van der Waals surface area (Å²) < 4.78 is 1.62. The van der Waals surface area contributed by atoms with Gasteiger partial charge in [0.1, 0.15) is 5.75 Å². The highest BCUT2D eigenvalue weighted by atomic mass is 35.5. The van der Waals surface area contributed by atoms with Crippen molar-refractivity contribution in [2.24, 2.45) is 0 Å². The summed E-state index contributed by atoms with van der Waals surface area (Å²) in [7, 11) is 0. The normalized spacial score (nSPS) is 10.9. The van der Waals surface area contributed by atoms with Crippen molar-refractivity contribution in [1.29, 1.82) is 0 Å². The molecule has 1 heterocycles. The molecular weight excluding hydrogens is 262 g/mol. The van der Waals surface area contributed by atoms with Crippen LogP contribution in [0.2, 0.25) is 5.02 Å². The van der Waals surface area contributed by atoms with Gasteiger partial charge in [0.05, 0.1) is 5.56 Å². The second kappa shape index (κ2) is 5.49. The van der Waals surface area contributed by atoms with Crippen molar-refractivity contribution in [3.05, 3.63) is 63.0 Å². The van der Waals surface area contributed by atoms with Gasteiger partial charge < -0.3 is 9.67 Å². The van der Waals surface area contributed by atoms with E-state index in [1.807, 2.05) is 26.0 Å². The van der Waals surface area contributed by atoms with Crippen LogP contribution in [0.5, 0.6) is 5.75 Å². The lowest BCUT2D eigenvalue weighted by Gasteiger charge is -2.12. The van der Waals surface area contributed by atoms with E-state index in [2.05, 4.69) is 0 Å². The Morgan fingerprint density at radius 1 is 1.21 bits per heavy atom. The average Bonchev–Trinajstić information content (AvgIpc) is 2.36. The Kier molecular flexibility index (Phi) is 3.96. The number of benzene rings is 1. The molecule has 1 aromatic carbocycles. The van der Waals surface area contributed by atoms with Crippen LogP contribution >= 0.6 is 11.6 Å². The molecule has 0 amide bonds. The van der Waals surface area contributed by atoms with Crippen molar-refractivity contribution in [3.8, 4) is 5.75 Å². The van der Waals surface area contributed by atoms with Crippen molar-refractivity contribution < 1.29 is 5.11 Å². The Labute approximate surface area is 117 Å². The van der Waals surface area contributed by atoms with Crippen molar-refractivity contribution in [2.75, 3.05) is 0 Å². The molecule has 100 valence electrons. The molecule has 0 aliphatic carbocycles. The summed E-state index contributed by atoms with van der Waals surface area (Å²) in [6, 6.07) is 8.89. The van der Waals surface area contributed by atoms with Crippen LogP contribution in [-0.2, 0) is 6.42 Å². The third-order valence-corrected chi connectivity index (χ3v) is 3.30. The first-order chi connectivity index (χ1) is 8.99. The number of aromatic hydroxyl groups is 1. The van der Waals surface area contributed by atoms with Gasteiger partial charge in [-0.1, -0.05) is 23.7 Å². The van der Waals surface area contributed by atoms with Gasteiger partial charge in [0, 0.05) is 23.7 Å². The minimum atomic E-state index is -0.148. The summed E-state index contributed by atoms with van der Waals surface area (Å²) in [5.74, 6) is 0.0388. The van der Waals surface area contributed by atoms with Gasteiger partial charge in [-0.15, -0.1) is 0 Å². The zero-order chi connectivity index (χ0) is 14.0. The zero-order valence-corrected chi connectivity index (χ0v) is 11.7. The van der Waals surface area contributed by atoms with Crippen LogP contribution in [0.1, 0.15) is 31.0 Å².